The maximum absolute atomic E-state index is 12.6. The van der Waals surface area contributed by atoms with Crippen LogP contribution in [0.5, 0.6) is 5.75 Å². The van der Waals surface area contributed by atoms with Crippen molar-refractivity contribution in [3.05, 3.63) is 60.2 Å². The summed E-state index contributed by atoms with van der Waals surface area (Å²) in [4.78, 5) is 24.7. The summed E-state index contributed by atoms with van der Waals surface area (Å²) in [5.41, 5.74) is -0.398. The summed E-state index contributed by atoms with van der Waals surface area (Å²) >= 11 is 0. The zero-order valence-electron chi connectivity index (χ0n) is 19.3. The standard InChI is InChI=1S/C25H34N2O5/c1-24(2,3)32-23(30)27-25(4,18-28)22(29)26-20-13-15-21(16-14-20)31-17-9-8-12-19-10-6-5-7-11-19/h5-7,10-11,13-16,28H,8-9,12,17-18H2,1-4H3,(H,26,29)(H,27,30). The predicted molar refractivity (Wildman–Crippen MR) is 125 cm³/mol. The van der Waals surface area contributed by atoms with E-state index in [9.17, 15) is 14.7 Å². The van der Waals surface area contributed by atoms with Gasteiger partial charge in [0.1, 0.15) is 16.9 Å². The number of anilines is 1. The molecule has 0 spiro atoms. The Morgan fingerprint density at radius 3 is 2.19 bits per heavy atom. The first-order chi connectivity index (χ1) is 15.1. The normalized spacial score (nSPS) is 13.0. The second-order valence-electron chi connectivity index (χ2n) is 8.89. The Labute approximate surface area is 190 Å². The molecule has 0 radical (unpaired) electrons. The van der Waals surface area contributed by atoms with Gasteiger partial charge in [0.05, 0.1) is 13.2 Å². The summed E-state index contributed by atoms with van der Waals surface area (Å²) in [6.07, 6.45) is 2.23. The Morgan fingerprint density at radius 2 is 1.59 bits per heavy atom. The molecule has 32 heavy (non-hydrogen) atoms. The lowest BCUT2D eigenvalue weighted by Gasteiger charge is -2.29. The van der Waals surface area contributed by atoms with Gasteiger partial charge in [0.2, 0.25) is 0 Å². The average Bonchev–Trinajstić information content (AvgIpc) is 2.74. The topological polar surface area (TPSA) is 96.9 Å². The third-order valence-electron chi connectivity index (χ3n) is 4.68. The Morgan fingerprint density at radius 1 is 0.938 bits per heavy atom. The predicted octanol–water partition coefficient (Wildman–Crippen LogP) is 4.30. The van der Waals surface area contributed by atoms with E-state index in [1.807, 2.05) is 18.2 Å². The molecule has 1 atom stereocenters. The van der Waals surface area contributed by atoms with Crippen molar-refractivity contribution in [1.29, 1.82) is 0 Å². The molecule has 174 valence electrons. The third-order valence-corrected chi connectivity index (χ3v) is 4.68. The van der Waals surface area contributed by atoms with Gasteiger partial charge in [-0.2, -0.15) is 0 Å². The molecule has 1 unspecified atom stereocenters. The molecular formula is C25H34N2O5. The monoisotopic (exact) mass is 442 g/mol. The molecule has 0 aliphatic heterocycles. The van der Waals surface area contributed by atoms with E-state index in [1.54, 1.807) is 45.0 Å². The number of hydrogen-bond donors (Lipinski definition) is 3. The lowest BCUT2D eigenvalue weighted by Crippen LogP contribution is -2.58. The van der Waals surface area contributed by atoms with E-state index in [1.165, 1.54) is 12.5 Å². The van der Waals surface area contributed by atoms with Crippen LogP contribution >= 0.6 is 0 Å². The van der Waals surface area contributed by atoms with E-state index in [0.29, 0.717) is 18.0 Å². The molecule has 2 amide bonds. The fraction of sp³-hybridized carbons (Fsp3) is 0.440. The molecule has 2 rings (SSSR count). The van der Waals surface area contributed by atoms with Gasteiger partial charge in [0, 0.05) is 5.69 Å². The largest absolute Gasteiger partial charge is 0.494 e. The molecule has 0 heterocycles. The number of aryl methyl sites for hydroxylation is 1. The van der Waals surface area contributed by atoms with Crippen LogP contribution in [0.3, 0.4) is 0 Å². The SMILES string of the molecule is CC(C)(C)OC(=O)NC(C)(CO)C(=O)Nc1ccc(OCCCCc2ccccc2)cc1. The molecule has 0 saturated heterocycles. The molecule has 2 aromatic rings. The quantitative estimate of drug-likeness (QED) is 0.477. The number of unbranched alkanes of at least 4 members (excludes halogenated alkanes) is 1. The lowest BCUT2D eigenvalue weighted by molar-refractivity contribution is -0.123. The van der Waals surface area contributed by atoms with E-state index in [-0.39, 0.29) is 0 Å². The summed E-state index contributed by atoms with van der Waals surface area (Å²) in [6.45, 7) is 6.62. The van der Waals surface area contributed by atoms with Gasteiger partial charge < -0.3 is 25.2 Å². The highest BCUT2D eigenvalue weighted by Gasteiger charge is 2.36. The highest BCUT2D eigenvalue weighted by molar-refractivity contribution is 5.99. The van der Waals surface area contributed by atoms with Crippen LogP contribution in [0.1, 0.15) is 46.1 Å². The molecule has 7 heteroatoms. The second kappa shape index (κ2) is 11.5. The first-order valence-corrected chi connectivity index (χ1v) is 10.8. The molecule has 0 fully saturated rings. The van der Waals surface area contributed by atoms with Gasteiger partial charge in [-0.05, 0) is 76.8 Å². The molecule has 3 N–H and O–H groups in total. The van der Waals surface area contributed by atoms with E-state index in [2.05, 4.69) is 22.8 Å². The Hall–Kier alpha value is -3.06. The number of ether oxygens (including phenoxy) is 2. The molecule has 0 aromatic heterocycles. The van der Waals surface area contributed by atoms with Crippen LogP contribution < -0.4 is 15.4 Å². The molecule has 2 aromatic carbocycles. The van der Waals surface area contributed by atoms with Crippen LogP contribution in [0.4, 0.5) is 10.5 Å². The summed E-state index contributed by atoms with van der Waals surface area (Å²) in [6, 6.07) is 17.3. The first kappa shape index (κ1) is 25.2. The van der Waals surface area contributed by atoms with Gasteiger partial charge in [-0.1, -0.05) is 30.3 Å². The van der Waals surface area contributed by atoms with E-state index in [4.69, 9.17) is 9.47 Å². The number of hydrogen-bond acceptors (Lipinski definition) is 5. The van der Waals surface area contributed by atoms with Gasteiger partial charge in [-0.3, -0.25) is 4.79 Å². The van der Waals surface area contributed by atoms with Gasteiger partial charge in [0.25, 0.3) is 5.91 Å². The molecule has 0 bridgehead atoms. The van der Waals surface area contributed by atoms with Crippen molar-refractivity contribution in [2.24, 2.45) is 0 Å². The number of aliphatic hydroxyl groups excluding tert-OH is 1. The fourth-order valence-corrected chi connectivity index (χ4v) is 2.87. The Balaban J connectivity index is 1.79. The van der Waals surface area contributed by atoms with Crippen molar-refractivity contribution in [3.8, 4) is 5.75 Å². The molecule has 0 aliphatic rings. The van der Waals surface area contributed by atoms with Gasteiger partial charge in [-0.25, -0.2) is 4.79 Å². The number of alkyl carbamates (subject to hydrolysis) is 1. The first-order valence-electron chi connectivity index (χ1n) is 10.8. The minimum Gasteiger partial charge on any atom is -0.494 e. The van der Waals surface area contributed by atoms with Crippen molar-refractivity contribution < 1.29 is 24.2 Å². The molecule has 0 aliphatic carbocycles. The number of rotatable bonds is 10. The van der Waals surface area contributed by atoms with Crippen molar-refractivity contribution in [2.45, 2.75) is 58.1 Å². The van der Waals surface area contributed by atoms with Crippen LogP contribution in [0.2, 0.25) is 0 Å². The number of aliphatic hydroxyl groups is 1. The number of carbonyl (C=O) groups excluding carboxylic acids is 2. The Bertz CT molecular complexity index is 862. The van der Waals surface area contributed by atoms with Crippen LogP contribution in [-0.2, 0) is 16.0 Å². The number of amides is 2. The van der Waals surface area contributed by atoms with Gasteiger partial charge in [-0.15, -0.1) is 0 Å². The third kappa shape index (κ3) is 8.59. The van der Waals surface area contributed by atoms with Crippen molar-refractivity contribution in [2.75, 3.05) is 18.5 Å². The van der Waals surface area contributed by atoms with Crippen molar-refractivity contribution in [1.82, 2.24) is 5.32 Å². The van der Waals surface area contributed by atoms with Crippen LogP contribution in [0.15, 0.2) is 54.6 Å². The smallest absolute Gasteiger partial charge is 0.408 e. The minimum atomic E-state index is -1.53. The summed E-state index contributed by atoms with van der Waals surface area (Å²) in [7, 11) is 0. The summed E-state index contributed by atoms with van der Waals surface area (Å²) in [5.74, 6) is 0.153. The number of nitrogens with one attached hydrogen (secondary N) is 2. The number of carbonyl (C=O) groups is 2. The zero-order chi connectivity index (χ0) is 23.6. The van der Waals surface area contributed by atoms with Crippen LogP contribution in [0.25, 0.3) is 0 Å². The summed E-state index contributed by atoms with van der Waals surface area (Å²) < 4.78 is 10.9. The fourth-order valence-electron chi connectivity index (χ4n) is 2.87. The summed E-state index contributed by atoms with van der Waals surface area (Å²) in [5, 5.41) is 14.8. The van der Waals surface area contributed by atoms with Gasteiger partial charge in [0.15, 0.2) is 0 Å². The van der Waals surface area contributed by atoms with E-state index in [0.717, 1.165) is 19.3 Å². The molecule has 7 nitrogen and oxygen atoms in total. The van der Waals surface area contributed by atoms with Crippen LogP contribution in [-0.4, -0.2) is 41.5 Å². The maximum atomic E-state index is 12.6. The maximum Gasteiger partial charge on any atom is 0.408 e. The number of benzene rings is 2. The zero-order valence-corrected chi connectivity index (χ0v) is 19.3. The van der Waals surface area contributed by atoms with E-state index < -0.39 is 29.7 Å². The van der Waals surface area contributed by atoms with Crippen molar-refractivity contribution >= 4 is 17.7 Å². The molecular weight excluding hydrogens is 408 g/mol. The van der Waals surface area contributed by atoms with E-state index >= 15 is 0 Å². The second-order valence-corrected chi connectivity index (χ2v) is 8.89. The van der Waals surface area contributed by atoms with Gasteiger partial charge >= 0.3 is 6.09 Å². The van der Waals surface area contributed by atoms with Crippen molar-refractivity contribution in [3.63, 3.8) is 0 Å². The lowest BCUT2D eigenvalue weighted by atomic mass is 10.0. The van der Waals surface area contributed by atoms with Crippen LogP contribution in [0, 0.1) is 0 Å². The minimum absolute atomic E-state index is 0.525. The Kier molecular flexibility index (Phi) is 9.08. The highest BCUT2D eigenvalue weighted by Crippen LogP contribution is 2.18. The average molecular weight is 443 g/mol. The molecule has 0 saturated carbocycles. The highest BCUT2D eigenvalue weighted by atomic mass is 16.6.